The van der Waals surface area contributed by atoms with Crippen molar-refractivity contribution in [3.8, 4) is 0 Å². The van der Waals surface area contributed by atoms with Gasteiger partial charge in [-0.1, -0.05) is 19.1 Å². The summed E-state index contributed by atoms with van der Waals surface area (Å²) in [6, 6.07) is 5.75. The lowest BCUT2D eigenvalue weighted by molar-refractivity contribution is -0.116. The molecule has 2 aromatic heterocycles. The van der Waals surface area contributed by atoms with Crippen molar-refractivity contribution >= 4 is 34.2 Å². The summed E-state index contributed by atoms with van der Waals surface area (Å²) in [5.74, 6) is -1.14. The number of halogens is 1. The minimum atomic E-state index is -0.580. The summed E-state index contributed by atoms with van der Waals surface area (Å²) in [7, 11) is 0. The Labute approximate surface area is 145 Å². The van der Waals surface area contributed by atoms with E-state index in [1.165, 1.54) is 22.8 Å². The van der Waals surface area contributed by atoms with Crippen molar-refractivity contribution in [2.45, 2.75) is 26.4 Å². The van der Waals surface area contributed by atoms with Crippen LogP contribution in [0.2, 0.25) is 0 Å². The first-order valence-electron chi connectivity index (χ1n) is 7.65. The maximum atomic E-state index is 13.7. The Bertz CT molecular complexity index is 1050. The van der Waals surface area contributed by atoms with Gasteiger partial charge in [-0.25, -0.2) is 9.18 Å². The molecule has 25 heavy (non-hydrogen) atoms. The Balaban J connectivity index is 2.00. The zero-order valence-electron chi connectivity index (χ0n) is 13.4. The highest BCUT2D eigenvalue weighted by atomic mass is 32.1. The van der Waals surface area contributed by atoms with Gasteiger partial charge in [0.15, 0.2) is 5.52 Å². The molecule has 0 aliphatic rings. The first kappa shape index (κ1) is 17.0. The molecule has 1 N–H and O–H groups in total. The molecule has 2 heterocycles. The lowest BCUT2D eigenvalue weighted by atomic mass is 10.3. The number of benzene rings is 1. The quantitative estimate of drug-likeness (QED) is 0.750. The second kappa shape index (κ2) is 6.98. The standard InChI is InChI=1S/C16H15FN4O3S/c1-2-7-20-15(23)14-12(9-25-19-14)21(16(20)24)8-13(22)18-11-6-4-3-5-10(11)17/h3-6,9H,2,7-8H2,1H3,(H,18,22). The van der Waals surface area contributed by atoms with Gasteiger partial charge in [0.25, 0.3) is 5.56 Å². The van der Waals surface area contributed by atoms with Gasteiger partial charge in [0.05, 0.1) is 11.2 Å². The molecule has 130 valence electrons. The SMILES string of the molecule is CCCn1c(=O)c2nscc2n(CC(=O)Nc2ccccc2F)c1=O. The van der Waals surface area contributed by atoms with Crippen LogP contribution in [0.15, 0.2) is 39.2 Å². The summed E-state index contributed by atoms with van der Waals surface area (Å²) in [5.41, 5.74) is -0.563. The number of amides is 1. The monoisotopic (exact) mass is 362 g/mol. The van der Waals surface area contributed by atoms with Crippen LogP contribution in [0.1, 0.15) is 13.3 Å². The zero-order chi connectivity index (χ0) is 18.0. The normalized spacial score (nSPS) is 11.0. The third-order valence-electron chi connectivity index (χ3n) is 3.65. The molecule has 3 aromatic rings. The number of nitrogens with zero attached hydrogens (tertiary/aromatic N) is 3. The number of anilines is 1. The summed E-state index contributed by atoms with van der Waals surface area (Å²) < 4.78 is 19.9. The Morgan fingerprint density at radius 2 is 2.04 bits per heavy atom. The molecule has 1 aromatic carbocycles. The van der Waals surface area contributed by atoms with Crippen molar-refractivity contribution in [1.29, 1.82) is 0 Å². The molecule has 0 aliphatic heterocycles. The van der Waals surface area contributed by atoms with Gasteiger partial charge in [-0.15, -0.1) is 0 Å². The molecular weight excluding hydrogens is 347 g/mol. The van der Waals surface area contributed by atoms with Crippen molar-refractivity contribution in [3.05, 3.63) is 56.3 Å². The van der Waals surface area contributed by atoms with E-state index in [1.54, 1.807) is 11.4 Å². The molecule has 0 radical (unpaired) electrons. The van der Waals surface area contributed by atoms with Gasteiger partial charge in [-0.3, -0.25) is 18.7 Å². The number of nitrogens with one attached hydrogen (secondary N) is 1. The third-order valence-corrected chi connectivity index (χ3v) is 4.26. The molecule has 0 unspecified atom stereocenters. The van der Waals surface area contributed by atoms with Crippen LogP contribution >= 0.6 is 11.5 Å². The van der Waals surface area contributed by atoms with E-state index in [0.717, 1.165) is 16.1 Å². The molecule has 1 amide bonds. The molecule has 0 atom stereocenters. The van der Waals surface area contributed by atoms with Crippen LogP contribution < -0.4 is 16.6 Å². The molecule has 0 bridgehead atoms. The Morgan fingerprint density at radius 1 is 1.28 bits per heavy atom. The molecule has 3 rings (SSSR count). The van der Waals surface area contributed by atoms with Crippen molar-refractivity contribution in [3.63, 3.8) is 0 Å². The molecular formula is C16H15FN4O3S. The molecule has 0 aliphatic carbocycles. The summed E-state index contributed by atoms with van der Waals surface area (Å²) in [4.78, 5) is 37.2. The van der Waals surface area contributed by atoms with Crippen LogP contribution in [0.25, 0.3) is 11.0 Å². The highest BCUT2D eigenvalue weighted by molar-refractivity contribution is 7.04. The average molecular weight is 362 g/mol. The maximum absolute atomic E-state index is 13.7. The molecule has 0 fully saturated rings. The van der Waals surface area contributed by atoms with Crippen LogP contribution in [-0.2, 0) is 17.9 Å². The zero-order valence-corrected chi connectivity index (χ0v) is 14.2. The predicted octanol–water partition coefficient (Wildman–Crippen LogP) is 1.81. The van der Waals surface area contributed by atoms with Crippen molar-refractivity contribution in [2.24, 2.45) is 0 Å². The van der Waals surface area contributed by atoms with E-state index in [4.69, 9.17) is 0 Å². The minimum Gasteiger partial charge on any atom is -0.322 e. The number of carbonyl (C=O) groups excluding carboxylic acids is 1. The highest BCUT2D eigenvalue weighted by Gasteiger charge is 2.17. The number of para-hydroxylation sites is 1. The van der Waals surface area contributed by atoms with Gasteiger partial charge in [-0.05, 0) is 30.1 Å². The maximum Gasteiger partial charge on any atom is 0.332 e. The molecule has 0 saturated heterocycles. The summed E-state index contributed by atoms with van der Waals surface area (Å²) >= 11 is 1.04. The van der Waals surface area contributed by atoms with Crippen LogP contribution in [0.5, 0.6) is 0 Å². The summed E-state index contributed by atoms with van der Waals surface area (Å²) in [6.07, 6.45) is 0.589. The predicted molar refractivity (Wildman–Crippen MR) is 93.5 cm³/mol. The van der Waals surface area contributed by atoms with Gasteiger partial charge in [-0.2, -0.15) is 4.37 Å². The van der Waals surface area contributed by atoms with Crippen molar-refractivity contribution < 1.29 is 9.18 Å². The number of hydrogen-bond donors (Lipinski definition) is 1. The van der Waals surface area contributed by atoms with E-state index in [1.807, 2.05) is 6.92 Å². The Morgan fingerprint density at radius 3 is 2.76 bits per heavy atom. The van der Waals surface area contributed by atoms with Crippen LogP contribution in [0, 0.1) is 5.82 Å². The number of carbonyl (C=O) groups is 1. The van der Waals surface area contributed by atoms with Crippen molar-refractivity contribution in [2.75, 3.05) is 5.32 Å². The number of fused-ring (bicyclic) bond motifs is 1. The van der Waals surface area contributed by atoms with Gasteiger partial charge < -0.3 is 5.32 Å². The summed E-state index contributed by atoms with van der Waals surface area (Å²) in [5, 5.41) is 3.98. The smallest absolute Gasteiger partial charge is 0.322 e. The van der Waals surface area contributed by atoms with Gasteiger partial charge >= 0.3 is 5.69 Å². The molecule has 0 spiro atoms. The summed E-state index contributed by atoms with van der Waals surface area (Å²) in [6.45, 7) is 1.73. The second-order valence-electron chi connectivity index (χ2n) is 5.40. The second-order valence-corrected chi connectivity index (χ2v) is 6.03. The number of hydrogen-bond acceptors (Lipinski definition) is 5. The van der Waals surface area contributed by atoms with Gasteiger partial charge in [0.2, 0.25) is 5.91 Å². The lowest BCUT2D eigenvalue weighted by Gasteiger charge is -2.11. The fraction of sp³-hybridized carbons (Fsp3) is 0.250. The number of rotatable bonds is 5. The van der Waals surface area contributed by atoms with E-state index in [0.29, 0.717) is 11.9 Å². The first-order chi connectivity index (χ1) is 12.0. The number of aromatic nitrogens is 3. The fourth-order valence-corrected chi connectivity index (χ4v) is 3.17. The van der Waals surface area contributed by atoms with Crippen LogP contribution in [0.4, 0.5) is 10.1 Å². The third kappa shape index (κ3) is 3.22. The van der Waals surface area contributed by atoms with Crippen LogP contribution in [0.3, 0.4) is 0 Å². The molecule has 7 nitrogen and oxygen atoms in total. The van der Waals surface area contributed by atoms with E-state index < -0.39 is 23.0 Å². The Hall–Kier alpha value is -2.81. The first-order valence-corrected chi connectivity index (χ1v) is 8.48. The Kier molecular flexibility index (Phi) is 4.75. The average Bonchev–Trinajstić information content (AvgIpc) is 3.07. The van der Waals surface area contributed by atoms with E-state index in [2.05, 4.69) is 9.69 Å². The van der Waals surface area contributed by atoms with E-state index >= 15 is 0 Å². The molecule has 9 heteroatoms. The largest absolute Gasteiger partial charge is 0.332 e. The van der Waals surface area contributed by atoms with Gasteiger partial charge in [0, 0.05) is 11.9 Å². The minimum absolute atomic E-state index is 0.0297. The topological polar surface area (TPSA) is 86.0 Å². The van der Waals surface area contributed by atoms with E-state index in [-0.39, 0.29) is 24.3 Å². The van der Waals surface area contributed by atoms with Crippen LogP contribution in [-0.4, -0.2) is 19.4 Å². The lowest BCUT2D eigenvalue weighted by Crippen LogP contribution is -2.41. The van der Waals surface area contributed by atoms with Gasteiger partial charge in [0.1, 0.15) is 12.4 Å². The fourth-order valence-electron chi connectivity index (χ4n) is 2.50. The highest BCUT2D eigenvalue weighted by Crippen LogP contribution is 2.13. The van der Waals surface area contributed by atoms with Crippen molar-refractivity contribution in [1.82, 2.24) is 13.5 Å². The van der Waals surface area contributed by atoms with E-state index in [9.17, 15) is 18.8 Å². The molecule has 0 saturated carbocycles.